The summed E-state index contributed by atoms with van der Waals surface area (Å²) in [5.41, 5.74) is 3.78. The number of benzene rings is 1. The van der Waals surface area contributed by atoms with E-state index in [1.807, 2.05) is 18.2 Å². The summed E-state index contributed by atoms with van der Waals surface area (Å²) in [6, 6.07) is 8.11. The van der Waals surface area contributed by atoms with Gasteiger partial charge in [-0.1, -0.05) is 12.1 Å². The Balaban J connectivity index is 1.57. The van der Waals surface area contributed by atoms with Gasteiger partial charge in [0.15, 0.2) is 5.82 Å². The van der Waals surface area contributed by atoms with Crippen LogP contribution >= 0.6 is 0 Å². The van der Waals surface area contributed by atoms with Crippen molar-refractivity contribution in [2.75, 3.05) is 31.1 Å². The van der Waals surface area contributed by atoms with Gasteiger partial charge < -0.3 is 15.0 Å². The van der Waals surface area contributed by atoms with Gasteiger partial charge in [0.2, 0.25) is 0 Å². The zero-order valence-corrected chi connectivity index (χ0v) is 14.2. The van der Waals surface area contributed by atoms with Gasteiger partial charge in [-0.25, -0.2) is 9.97 Å². The van der Waals surface area contributed by atoms with Gasteiger partial charge in [0, 0.05) is 37.4 Å². The molecular formula is C19H24N4O. The van der Waals surface area contributed by atoms with E-state index in [1.165, 1.54) is 23.2 Å². The van der Waals surface area contributed by atoms with E-state index >= 15 is 0 Å². The molecule has 0 radical (unpaired) electrons. The maximum Gasteiger partial charge on any atom is 0.168 e. The summed E-state index contributed by atoms with van der Waals surface area (Å²) in [5, 5.41) is 3.41. The molecule has 1 fully saturated rings. The summed E-state index contributed by atoms with van der Waals surface area (Å²) in [4.78, 5) is 12.0. The van der Waals surface area contributed by atoms with Gasteiger partial charge in [-0.15, -0.1) is 0 Å². The number of nitrogens with one attached hydrogen (secondary N) is 1. The molecule has 1 aliphatic heterocycles. The van der Waals surface area contributed by atoms with Crippen LogP contribution in [0.5, 0.6) is 5.75 Å². The van der Waals surface area contributed by atoms with Crippen molar-refractivity contribution in [2.24, 2.45) is 0 Å². The maximum atomic E-state index is 5.92. The predicted molar refractivity (Wildman–Crippen MR) is 94.7 cm³/mol. The van der Waals surface area contributed by atoms with Crippen LogP contribution in [0.25, 0.3) is 0 Å². The molecule has 2 aromatic rings. The number of hydrogen-bond acceptors (Lipinski definition) is 5. The third-order valence-corrected chi connectivity index (χ3v) is 4.73. The number of aryl methyl sites for hydroxylation is 2. The number of anilines is 1. The number of aromatic nitrogens is 2. The van der Waals surface area contributed by atoms with Crippen molar-refractivity contribution < 1.29 is 4.74 Å². The van der Waals surface area contributed by atoms with E-state index in [2.05, 4.69) is 23.2 Å². The lowest BCUT2D eigenvalue weighted by Crippen LogP contribution is -2.44. The molecule has 1 saturated heterocycles. The molecule has 126 valence electrons. The summed E-state index contributed by atoms with van der Waals surface area (Å²) in [6.45, 7) is 6.57. The summed E-state index contributed by atoms with van der Waals surface area (Å²) >= 11 is 0. The van der Waals surface area contributed by atoms with Crippen molar-refractivity contribution >= 4 is 5.82 Å². The quantitative estimate of drug-likeness (QED) is 0.935. The Morgan fingerprint density at radius 1 is 1.17 bits per heavy atom. The lowest BCUT2D eigenvalue weighted by molar-refractivity contribution is 0.295. The topological polar surface area (TPSA) is 50.3 Å². The van der Waals surface area contributed by atoms with Gasteiger partial charge in [-0.05, 0) is 43.9 Å². The van der Waals surface area contributed by atoms with Gasteiger partial charge in [0.1, 0.15) is 18.2 Å². The minimum absolute atomic E-state index is 0.426. The van der Waals surface area contributed by atoms with Crippen LogP contribution in [0.3, 0.4) is 0 Å². The van der Waals surface area contributed by atoms with E-state index in [9.17, 15) is 0 Å². The monoisotopic (exact) mass is 324 g/mol. The second-order valence-corrected chi connectivity index (χ2v) is 6.58. The Morgan fingerprint density at radius 2 is 2.04 bits per heavy atom. The summed E-state index contributed by atoms with van der Waals surface area (Å²) in [6.07, 6.45) is 3.35. The molecule has 5 heteroatoms. The second-order valence-electron chi connectivity index (χ2n) is 6.58. The third kappa shape index (κ3) is 3.22. The molecule has 1 aliphatic carbocycles. The molecule has 0 amide bonds. The van der Waals surface area contributed by atoms with Crippen molar-refractivity contribution in [3.05, 3.63) is 46.9 Å². The number of rotatable bonds is 4. The molecule has 24 heavy (non-hydrogen) atoms. The van der Waals surface area contributed by atoms with E-state index in [-0.39, 0.29) is 0 Å². The predicted octanol–water partition coefficient (Wildman–Crippen LogP) is 2.26. The van der Waals surface area contributed by atoms with Crippen LogP contribution in [-0.2, 0) is 19.4 Å². The third-order valence-electron chi connectivity index (χ3n) is 4.73. The first-order valence-corrected chi connectivity index (χ1v) is 8.83. The Labute approximate surface area is 143 Å². The molecule has 0 saturated carbocycles. The molecule has 0 bridgehead atoms. The van der Waals surface area contributed by atoms with Gasteiger partial charge in [-0.3, -0.25) is 0 Å². The van der Waals surface area contributed by atoms with Crippen LogP contribution in [0.1, 0.15) is 29.1 Å². The zero-order valence-electron chi connectivity index (χ0n) is 14.2. The molecule has 5 nitrogen and oxygen atoms in total. The Bertz CT molecular complexity index is 725. The van der Waals surface area contributed by atoms with Crippen molar-refractivity contribution in [1.29, 1.82) is 0 Å². The second kappa shape index (κ2) is 6.77. The highest BCUT2D eigenvalue weighted by atomic mass is 16.5. The average Bonchev–Trinajstić information content (AvgIpc) is 3.08. The molecule has 2 heterocycles. The van der Waals surface area contributed by atoms with Crippen LogP contribution in [0.4, 0.5) is 5.82 Å². The van der Waals surface area contributed by atoms with E-state index < -0.39 is 0 Å². The fourth-order valence-electron chi connectivity index (χ4n) is 3.52. The van der Waals surface area contributed by atoms with Gasteiger partial charge in [-0.2, -0.15) is 0 Å². The van der Waals surface area contributed by atoms with E-state index in [1.54, 1.807) is 0 Å². The fraction of sp³-hybridized carbons (Fsp3) is 0.474. The van der Waals surface area contributed by atoms with E-state index in [4.69, 9.17) is 14.7 Å². The number of fused-ring (bicyclic) bond motifs is 1. The standard InChI is InChI=1S/C19H24N4O/c1-14-4-2-5-15(12-14)24-13-18-21-17-7-3-6-16(17)19(22-18)23-10-8-20-9-11-23/h2,4-5,12,20H,3,6-11,13H2,1H3. The SMILES string of the molecule is Cc1cccc(OCc2nc3c(c(N4CCNCC4)n2)CCC3)c1. The highest BCUT2D eigenvalue weighted by molar-refractivity contribution is 5.51. The largest absolute Gasteiger partial charge is 0.486 e. The molecule has 2 aliphatic rings. The molecule has 1 aromatic carbocycles. The molecule has 4 rings (SSSR count). The first-order chi connectivity index (χ1) is 11.8. The maximum absolute atomic E-state index is 5.92. The number of ether oxygens (including phenoxy) is 1. The lowest BCUT2D eigenvalue weighted by Gasteiger charge is -2.30. The highest BCUT2D eigenvalue weighted by Crippen LogP contribution is 2.29. The first kappa shape index (κ1) is 15.4. The Hall–Kier alpha value is -2.14. The molecule has 1 N–H and O–H groups in total. The van der Waals surface area contributed by atoms with E-state index in [0.717, 1.165) is 56.4 Å². The van der Waals surface area contributed by atoms with Crippen LogP contribution < -0.4 is 15.0 Å². The lowest BCUT2D eigenvalue weighted by atomic mass is 10.2. The summed E-state index contributed by atoms with van der Waals surface area (Å²) in [7, 11) is 0. The number of hydrogen-bond donors (Lipinski definition) is 1. The van der Waals surface area contributed by atoms with Gasteiger partial charge >= 0.3 is 0 Å². The molecule has 0 unspecified atom stereocenters. The smallest absolute Gasteiger partial charge is 0.168 e. The number of nitrogens with zero attached hydrogens (tertiary/aromatic N) is 3. The van der Waals surface area contributed by atoms with Crippen LogP contribution in [0.15, 0.2) is 24.3 Å². The zero-order chi connectivity index (χ0) is 16.4. The van der Waals surface area contributed by atoms with Crippen LogP contribution in [0, 0.1) is 6.92 Å². The minimum Gasteiger partial charge on any atom is -0.486 e. The van der Waals surface area contributed by atoms with Crippen LogP contribution in [0.2, 0.25) is 0 Å². The van der Waals surface area contributed by atoms with Crippen LogP contribution in [-0.4, -0.2) is 36.1 Å². The molecular weight excluding hydrogens is 300 g/mol. The van der Waals surface area contributed by atoms with Crippen molar-refractivity contribution in [2.45, 2.75) is 32.8 Å². The molecule has 1 aromatic heterocycles. The molecule has 0 spiro atoms. The Morgan fingerprint density at radius 3 is 2.88 bits per heavy atom. The van der Waals surface area contributed by atoms with Gasteiger partial charge in [0.05, 0.1) is 0 Å². The summed E-state index contributed by atoms with van der Waals surface area (Å²) < 4.78 is 5.92. The van der Waals surface area contributed by atoms with Crippen molar-refractivity contribution in [1.82, 2.24) is 15.3 Å². The normalized spacial score (nSPS) is 17.0. The number of piperazine rings is 1. The average molecular weight is 324 g/mol. The molecule has 0 atom stereocenters. The fourth-order valence-corrected chi connectivity index (χ4v) is 3.52. The minimum atomic E-state index is 0.426. The highest BCUT2D eigenvalue weighted by Gasteiger charge is 2.24. The van der Waals surface area contributed by atoms with Crippen molar-refractivity contribution in [3.8, 4) is 5.75 Å². The van der Waals surface area contributed by atoms with Crippen molar-refractivity contribution in [3.63, 3.8) is 0 Å². The van der Waals surface area contributed by atoms with E-state index in [0.29, 0.717) is 6.61 Å². The Kier molecular flexibility index (Phi) is 4.34. The first-order valence-electron chi connectivity index (χ1n) is 8.83. The summed E-state index contributed by atoms with van der Waals surface area (Å²) in [5.74, 6) is 2.82. The van der Waals surface area contributed by atoms with Gasteiger partial charge in [0.25, 0.3) is 0 Å².